The molecule has 2 aromatic rings. The molecule has 17 nitrogen and oxygen atoms in total. The molecule has 0 fully saturated rings. The molecule has 0 aliphatic heterocycles. The Morgan fingerprint density at radius 3 is 1.89 bits per heavy atom. The Balaban J connectivity index is 0.00000612. The second-order valence-electron chi connectivity index (χ2n) is 7.48. The number of hydrogen-bond acceptors (Lipinski definition) is 16. The van der Waals surface area contributed by atoms with Gasteiger partial charge in [0.25, 0.3) is 0 Å². The van der Waals surface area contributed by atoms with E-state index in [0.29, 0.717) is 0 Å². The van der Waals surface area contributed by atoms with Gasteiger partial charge in [0.05, 0.1) is 12.9 Å². The van der Waals surface area contributed by atoms with Gasteiger partial charge in [0.15, 0.2) is 23.5 Å². The summed E-state index contributed by atoms with van der Waals surface area (Å²) >= 11 is 0. The third-order valence-corrected chi connectivity index (χ3v) is 5.19. The van der Waals surface area contributed by atoms with Crippen LogP contribution in [0.15, 0.2) is 12.7 Å². The third-order valence-electron chi connectivity index (χ3n) is 5.19. The fraction of sp³-hybridized carbons (Fsp3) is 0.647. The number of hydrogen-bond donors (Lipinski definition) is 12. The first-order valence-corrected chi connectivity index (χ1v) is 9.73. The quantitative estimate of drug-likeness (QED) is 0.116. The molecule has 18 heteroatoms. The maximum Gasteiger partial charge on any atom is 1.00 e. The molecule has 2 rings (SSSR count). The Morgan fingerprint density at radius 1 is 0.829 bits per heavy atom. The average molecular weight is 517 g/mol. The minimum absolute atomic E-state index is 0. The van der Waals surface area contributed by atoms with Crippen LogP contribution in [-0.4, -0.2) is 143 Å². The Bertz CT molecular complexity index is 975. The fourth-order valence-electron chi connectivity index (χ4n) is 3.03. The average Bonchev–Trinajstić information content (AvgIpc) is 3.28. The molecule has 0 spiro atoms. The fourth-order valence-corrected chi connectivity index (χ4v) is 3.03. The molecule has 35 heavy (non-hydrogen) atoms. The molecule has 13 N–H and O–H groups in total. The molecule has 2 aromatic heterocycles. The molecular weight excluding hydrogens is 489 g/mol. The summed E-state index contributed by atoms with van der Waals surface area (Å²) in [6, 6.07) is 0. The van der Waals surface area contributed by atoms with Crippen molar-refractivity contribution >= 4 is 22.8 Å². The maximum absolute atomic E-state index is 12.1. The van der Waals surface area contributed by atoms with Crippen molar-refractivity contribution in [1.82, 2.24) is 19.5 Å². The Hall–Kier alpha value is -1.42. The summed E-state index contributed by atoms with van der Waals surface area (Å²) in [5.74, 6) is -1.79. The Labute approximate surface area is 220 Å². The van der Waals surface area contributed by atoms with Crippen molar-refractivity contribution in [2.24, 2.45) is 0 Å². The van der Waals surface area contributed by atoms with E-state index in [4.69, 9.17) is 10.8 Å². The van der Waals surface area contributed by atoms with Gasteiger partial charge in [-0.05, 0) is 0 Å². The summed E-state index contributed by atoms with van der Waals surface area (Å²) in [5.41, 5.74) is 5.60. The van der Waals surface area contributed by atoms with Gasteiger partial charge in [0.2, 0.25) is 0 Å². The number of nitrogens with two attached hydrogens (primary N) is 1. The summed E-state index contributed by atoms with van der Waals surface area (Å²) in [4.78, 5) is 23.5. The maximum atomic E-state index is 12.1. The van der Waals surface area contributed by atoms with Crippen LogP contribution >= 0.6 is 0 Å². The van der Waals surface area contributed by atoms with E-state index in [-0.39, 0.29) is 48.0 Å². The molecular formula is C17H28N5NaO12. The first-order chi connectivity index (χ1) is 15.8. The zero-order chi connectivity index (χ0) is 25.9. The number of carbonyl (C=O) groups excluding carboxylic acids is 1. The van der Waals surface area contributed by atoms with E-state index >= 15 is 0 Å². The number of aliphatic hydroxyl groups excluding tert-OH is 11. The molecule has 2 heterocycles. The van der Waals surface area contributed by atoms with Gasteiger partial charge in [0, 0.05) is 0 Å². The van der Waals surface area contributed by atoms with Gasteiger partial charge in [-0.1, -0.05) is 0 Å². The topological polar surface area (TPSA) is 309 Å². The molecule has 194 valence electrons. The molecule has 0 saturated heterocycles. The minimum atomic E-state index is -2.67. The number of fused-ring (bicyclic) bond motifs is 1. The zero-order valence-electron chi connectivity index (χ0n) is 19.3. The molecule has 0 aliphatic carbocycles. The predicted molar refractivity (Wildman–Crippen MR) is 108 cm³/mol. The number of imidazole rings is 1. The van der Waals surface area contributed by atoms with Crippen molar-refractivity contribution in [3.05, 3.63) is 12.7 Å². The van der Waals surface area contributed by atoms with E-state index in [0.717, 1.165) is 17.2 Å². The molecule has 0 aromatic carbocycles. The second kappa shape index (κ2) is 13.2. The van der Waals surface area contributed by atoms with Crippen LogP contribution in [0.3, 0.4) is 0 Å². The van der Waals surface area contributed by atoms with Crippen molar-refractivity contribution in [2.45, 2.75) is 61.2 Å². The smallest absolute Gasteiger partial charge is 1.00 e. The summed E-state index contributed by atoms with van der Waals surface area (Å²) < 4.78 is 0.857. The van der Waals surface area contributed by atoms with Crippen LogP contribution in [0, 0.1) is 0 Å². The first kappa shape index (κ1) is 31.6. The third kappa shape index (κ3) is 6.67. The normalized spacial score (nSPS) is 20.5. The minimum Gasteiger partial charge on any atom is -1.00 e. The summed E-state index contributed by atoms with van der Waals surface area (Å²) in [5, 5.41) is 108. The standard InChI is InChI=1S/C17H27N5O12.Na.H/c18-15-5-16(20-2-19-15)22(3-21-5)17(34)14(33)13(32)12(31)11(30)10(29)9(28)8(27)7(26)6(25)4(24)1-23;;/h2-4,6-8,10-14,17,23-27,29-34H,1H2,(H2,18,19,20);;/q;+1;-1/t4-,6-,7+,8-,10?,11-,12-,13+,14+,17?;;/m1../s1. The summed E-state index contributed by atoms with van der Waals surface area (Å²) in [6.45, 7) is -1.04. The van der Waals surface area contributed by atoms with Gasteiger partial charge in [-0.15, -0.1) is 0 Å². The number of rotatable bonds is 12. The van der Waals surface area contributed by atoms with Crippen molar-refractivity contribution in [1.29, 1.82) is 0 Å². The zero-order valence-corrected chi connectivity index (χ0v) is 20.3. The van der Waals surface area contributed by atoms with E-state index in [9.17, 15) is 55.9 Å². The van der Waals surface area contributed by atoms with Gasteiger partial charge in [-0.3, -0.25) is 9.36 Å². The number of carbonyl (C=O) groups is 1. The van der Waals surface area contributed by atoms with E-state index in [2.05, 4.69) is 15.0 Å². The number of nitrogens with zero attached hydrogens (tertiary/aromatic N) is 4. The number of aromatic nitrogens is 4. The van der Waals surface area contributed by atoms with Crippen molar-refractivity contribution in [3.63, 3.8) is 0 Å². The van der Waals surface area contributed by atoms with Crippen molar-refractivity contribution in [3.8, 4) is 0 Å². The Kier molecular flexibility index (Phi) is 11.9. The molecule has 0 amide bonds. The molecule has 0 bridgehead atoms. The van der Waals surface area contributed by atoms with Crippen LogP contribution in [0.1, 0.15) is 7.65 Å². The van der Waals surface area contributed by atoms with Crippen LogP contribution in [0.4, 0.5) is 5.82 Å². The van der Waals surface area contributed by atoms with Crippen molar-refractivity contribution < 1.29 is 92.0 Å². The van der Waals surface area contributed by atoms with Crippen LogP contribution in [-0.2, 0) is 4.79 Å². The van der Waals surface area contributed by atoms with E-state index < -0.39 is 73.6 Å². The van der Waals surface area contributed by atoms with Crippen LogP contribution in [0.5, 0.6) is 0 Å². The van der Waals surface area contributed by atoms with Gasteiger partial charge in [-0.25, -0.2) is 15.0 Å². The van der Waals surface area contributed by atoms with Gasteiger partial charge < -0.3 is 63.3 Å². The monoisotopic (exact) mass is 517 g/mol. The first-order valence-electron chi connectivity index (χ1n) is 9.73. The SMILES string of the molecule is Nc1ncnc2c1ncn2C(O)[C@@H](O)[C@@H](O)[C@H](O)[C@H](O)C(O)C(=O)[C@H](O)[C@@H](O)[C@H](O)[C@H](O)CO.[H-].[Na+]. The van der Waals surface area contributed by atoms with E-state index in [1.54, 1.807) is 0 Å². The molecule has 0 saturated carbocycles. The van der Waals surface area contributed by atoms with Crippen molar-refractivity contribution in [2.75, 3.05) is 12.3 Å². The summed E-state index contributed by atoms with van der Waals surface area (Å²) in [6.07, 6.45) is -21.6. The predicted octanol–water partition coefficient (Wildman–Crippen LogP) is -10.2. The Morgan fingerprint density at radius 2 is 1.34 bits per heavy atom. The number of Topliss-reactive ketones (excluding diaryl/α,β-unsaturated/α-hetero) is 1. The van der Waals surface area contributed by atoms with Crippen LogP contribution < -0.4 is 35.3 Å². The molecule has 0 radical (unpaired) electrons. The molecule has 0 aliphatic rings. The number of aliphatic hydroxyl groups is 11. The number of ketones is 1. The largest absolute Gasteiger partial charge is 1.00 e. The second-order valence-corrected chi connectivity index (χ2v) is 7.48. The van der Waals surface area contributed by atoms with Crippen LogP contribution in [0.25, 0.3) is 11.2 Å². The van der Waals surface area contributed by atoms with Gasteiger partial charge in [0.1, 0.15) is 66.8 Å². The molecule has 2 unspecified atom stereocenters. The van der Waals surface area contributed by atoms with Crippen LogP contribution in [0.2, 0.25) is 0 Å². The molecule has 10 atom stereocenters. The number of anilines is 1. The van der Waals surface area contributed by atoms with Gasteiger partial charge in [-0.2, -0.15) is 0 Å². The van der Waals surface area contributed by atoms with E-state index in [1.165, 1.54) is 0 Å². The van der Waals surface area contributed by atoms with E-state index in [1.807, 2.05) is 0 Å². The number of nitrogen functional groups attached to an aromatic ring is 1. The van der Waals surface area contributed by atoms with Gasteiger partial charge >= 0.3 is 29.6 Å². The summed E-state index contributed by atoms with van der Waals surface area (Å²) in [7, 11) is 0.